The number of hydrogen-bond acceptors (Lipinski definition) is 5. The molecule has 8 heteroatoms. The number of nitrogens with zero attached hydrogens (tertiary/aromatic N) is 1. The number of para-hydroxylation sites is 1. The Balaban J connectivity index is 2.16. The molecule has 23 heavy (non-hydrogen) atoms. The molecule has 6 nitrogen and oxygen atoms in total. The van der Waals surface area contributed by atoms with E-state index in [9.17, 15) is 22.9 Å². The molecule has 0 bridgehead atoms. The number of rotatable bonds is 6. The van der Waals surface area contributed by atoms with E-state index in [-0.39, 0.29) is 22.9 Å². The van der Waals surface area contributed by atoms with Crippen molar-refractivity contribution in [3.8, 4) is 0 Å². The van der Waals surface area contributed by atoms with Gasteiger partial charge in [-0.15, -0.1) is 0 Å². The van der Waals surface area contributed by atoms with Gasteiger partial charge < -0.3 is 5.32 Å². The summed E-state index contributed by atoms with van der Waals surface area (Å²) in [6.45, 7) is 1.77. The van der Waals surface area contributed by atoms with Crippen LogP contribution in [-0.4, -0.2) is 19.1 Å². The molecule has 2 aromatic rings. The third-order valence-electron chi connectivity index (χ3n) is 3.31. The molecule has 1 N–H and O–H groups in total. The molecule has 0 atom stereocenters. The highest BCUT2D eigenvalue weighted by Gasteiger charge is 2.19. The van der Waals surface area contributed by atoms with Gasteiger partial charge in [0, 0.05) is 6.54 Å². The molecule has 0 spiro atoms. The first kappa shape index (κ1) is 16.9. The monoisotopic (exact) mass is 338 g/mol. The topological polar surface area (TPSA) is 89.3 Å². The number of sulfone groups is 1. The fraction of sp³-hybridized carbons (Fsp3) is 0.200. The zero-order valence-corrected chi connectivity index (χ0v) is 13.1. The number of nitro groups is 1. The van der Waals surface area contributed by atoms with Crippen LogP contribution in [0.1, 0.15) is 12.5 Å². The summed E-state index contributed by atoms with van der Waals surface area (Å²) in [4.78, 5) is 10.3. The highest BCUT2D eigenvalue weighted by molar-refractivity contribution is 7.91. The van der Waals surface area contributed by atoms with Gasteiger partial charge in [0.05, 0.1) is 15.6 Å². The summed E-state index contributed by atoms with van der Waals surface area (Å²) in [7, 11) is -3.26. The van der Waals surface area contributed by atoms with E-state index in [0.29, 0.717) is 0 Å². The first-order valence-electron chi connectivity index (χ1n) is 6.83. The Morgan fingerprint density at radius 3 is 2.39 bits per heavy atom. The largest absolute Gasteiger partial charge is 0.375 e. The molecule has 0 aliphatic rings. The van der Waals surface area contributed by atoms with Crippen LogP contribution in [0.15, 0.2) is 47.4 Å². The zero-order chi connectivity index (χ0) is 17.0. The molecule has 0 saturated heterocycles. The summed E-state index contributed by atoms with van der Waals surface area (Å²) in [5.74, 6) is -0.899. The van der Waals surface area contributed by atoms with Crippen molar-refractivity contribution in [3.05, 3.63) is 64.0 Å². The summed E-state index contributed by atoms with van der Waals surface area (Å²) >= 11 is 0. The first-order chi connectivity index (χ1) is 10.8. The van der Waals surface area contributed by atoms with Crippen molar-refractivity contribution < 1.29 is 17.7 Å². The minimum atomic E-state index is -3.26. The van der Waals surface area contributed by atoms with Crippen LogP contribution < -0.4 is 5.32 Å². The van der Waals surface area contributed by atoms with Gasteiger partial charge in [-0.25, -0.2) is 8.42 Å². The van der Waals surface area contributed by atoms with Crippen LogP contribution in [0.5, 0.6) is 0 Å². The number of benzene rings is 2. The molecule has 2 rings (SSSR count). The Bertz CT molecular complexity index is 820. The van der Waals surface area contributed by atoms with E-state index in [1.54, 1.807) is 19.1 Å². The molecule has 0 saturated carbocycles. The van der Waals surface area contributed by atoms with Crippen LogP contribution in [0.4, 0.5) is 15.8 Å². The Kier molecular flexibility index (Phi) is 4.95. The lowest BCUT2D eigenvalue weighted by Gasteiger charge is -2.08. The van der Waals surface area contributed by atoms with E-state index in [1.807, 2.05) is 0 Å². The maximum absolute atomic E-state index is 13.5. The van der Waals surface area contributed by atoms with Gasteiger partial charge >= 0.3 is 5.69 Å². The highest BCUT2D eigenvalue weighted by Crippen LogP contribution is 2.27. The highest BCUT2D eigenvalue weighted by atomic mass is 32.2. The molecule has 0 aliphatic heterocycles. The molecular weight excluding hydrogens is 323 g/mol. The first-order valence-corrected chi connectivity index (χ1v) is 8.49. The van der Waals surface area contributed by atoms with E-state index in [4.69, 9.17) is 0 Å². The van der Waals surface area contributed by atoms with Gasteiger partial charge in [-0.2, -0.15) is 4.39 Å². The lowest BCUT2D eigenvalue weighted by atomic mass is 10.2. The third kappa shape index (κ3) is 3.84. The van der Waals surface area contributed by atoms with Gasteiger partial charge in [-0.3, -0.25) is 10.1 Å². The van der Waals surface area contributed by atoms with Gasteiger partial charge in [0.15, 0.2) is 9.84 Å². The number of nitrogens with one attached hydrogen (secondary N) is 1. The second kappa shape index (κ2) is 6.74. The van der Waals surface area contributed by atoms with Gasteiger partial charge in [-0.05, 0) is 29.8 Å². The molecule has 122 valence electrons. The molecule has 0 fully saturated rings. The van der Waals surface area contributed by atoms with E-state index in [2.05, 4.69) is 5.32 Å². The zero-order valence-electron chi connectivity index (χ0n) is 12.3. The number of anilines is 1. The number of nitro benzene ring substituents is 1. The lowest BCUT2D eigenvalue weighted by molar-refractivity contribution is -0.386. The Hall–Kier alpha value is -2.48. The summed E-state index contributed by atoms with van der Waals surface area (Å²) in [6, 6.07) is 10.00. The molecule has 0 aromatic heterocycles. The summed E-state index contributed by atoms with van der Waals surface area (Å²) in [6.07, 6.45) is 0. The standard InChI is InChI=1S/C15H15FN2O4S/c1-2-23(21,22)12-8-6-11(7-9-12)10-17-14-5-3-4-13(16)15(14)18(19)20/h3-9,17H,2,10H2,1H3. The SMILES string of the molecule is CCS(=O)(=O)c1ccc(CNc2cccc(F)c2[N+](=O)[O-])cc1. The fourth-order valence-electron chi connectivity index (χ4n) is 2.02. The van der Waals surface area contributed by atoms with E-state index >= 15 is 0 Å². The minimum Gasteiger partial charge on any atom is -0.375 e. The van der Waals surface area contributed by atoms with Crippen molar-refractivity contribution in [3.63, 3.8) is 0 Å². The number of hydrogen-bond donors (Lipinski definition) is 1. The third-order valence-corrected chi connectivity index (χ3v) is 5.07. The average molecular weight is 338 g/mol. The summed E-state index contributed by atoms with van der Waals surface area (Å²) < 4.78 is 36.9. The smallest absolute Gasteiger partial charge is 0.327 e. The molecule has 0 heterocycles. The molecular formula is C15H15FN2O4S. The van der Waals surface area contributed by atoms with Crippen molar-refractivity contribution in [2.45, 2.75) is 18.4 Å². The van der Waals surface area contributed by atoms with Crippen molar-refractivity contribution in [2.24, 2.45) is 0 Å². The predicted molar refractivity (Wildman–Crippen MR) is 84.5 cm³/mol. The maximum Gasteiger partial charge on any atom is 0.327 e. The summed E-state index contributed by atoms with van der Waals surface area (Å²) in [5, 5.41) is 13.7. The normalized spacial score (nSPS) is 11.2. The van der Waals surface area contributed by atoms with Crippen LogP contribution in [-0.2, 0) is 16.4 Å². The fourth-order valence-corrected chi connectivity index (χ4v) is 2.91. The van der Waals surface area contributed by atoms with Crippen LogP contribution in [0, 0.1) is 15.9 Å². The van der Waals surface area contributed by atoms with Crippen molar-refractivity contribution >= 4 is 21.2 Å². The second-order valence-corrected chi connectivity index (χ2v) is 7.07. The Morgan fingerprint density at radius 2 is 1.83 bits per heavy atom. The maximum atomic E-state index is 13.5. The molecule has 0 amide bonds. The van der Waals surface area contributed by atoms with Gasteiger partial charge in [0.1, 0.15) is 5.69 Å². The Labute approximate surface area is 133 Å². The second-order valence-electron chi connectivity index (χ2n) is 4.79. The average Bonchev–Trinajstić information content (AvgIpc) is 2.53. The van der Waals surface area contributed by atoms with E-state index in [1.165, 1.54) is 24.3 Å². The van der Waals surface area contributed by atoms with Crippen LogP contribution >= 0.6 is 0 Å². The summed E-state index contributed by atoms with van der Waals surface area (Å²) in [5.41, 5.74) is 0.177. The number of halogens is 1. The quantitative estimate of drug-likeness (QED) is 0.645. The minimum absolute atomic E-state index is 0.0140. The van der Waals surface area contributed by atoms with Crippen LogP contribution in [0.3, 0.4) is 0 Å². The lowest BCUT2D eigenvalue weighted by Crippen LogP contribution is -2.06. The molecule has 0 aliphatic carbocycles. The van der Waals surface area contributed by atoms with Crippen molar-refractivity contribution in [2.75, 3.05) is 11.1 Å². The van der Waals surface area contributed by atoms with E-state index in [0.717, 1.165) is 11.6 Å². The van der Waals surface area contributed by atoms with Crippen molar-refractivity contribution in [1.29, 1.82) is 0 Å². The predicted octanol–water partition coefficient (Wildman–Crippen LogP) is 3.14. The van der Waals surface area contributed by atoms with Crippen molar-refractivity contribution in [1.82, 2.24) is 0 Å². The molecule has 0 radical (unpaired) electrons. The van der Waals surface area contributed by atoms with Gasteiger partial charge in [0.25, 0.3) is 0 Å². The molecule has 0 unspecified atom stereocenters. The Morgan fingerprint density at radius 1 is 1.17 bits per heavy atom. The van der Waals surface area contributed by atoms with E-state index < -0.39 is 26.3 Å². The van der Waals surface area contributed by atoms with Crippen LogP contribution in [0.25, 0.3) is 0 Å². The van der Waals surface area contributed by atoms with Crippen LogP contribution in [0.2, 0.25) is 0 Å². The molecule has 2 aromatic carbocycles. The van der Waals surface area contributed by atoms with Gasteiger partial charge in [0.2, 0.25) is 5.82 Å². The van der Waals surface area contributed by atoms with Gasteiger partial charge in [-0.1, -0.05) is 25.1 Å².